The minimum absolute atomic E-state index is 0.0540. The van der Waals surface area contributed by atoms with Crippen LogP contribution in [-0.4, -0.2) is 25.1 Å². The molecule has 5 heteroatoms. The van der Waals surface area contributed by atoms with E-state index in [1.54, 1.807) is 30.3 Å². The van der Waals surface area contributed by atoms with Crippen LogP contribution >= 0.6 is 11.6 Å². The summed E-state index contributed by atoms with van der Waals surface area (Å²) in [6, 6.07) is 16.8. The van der Waals surface area contributed by atoms with Gasteiger partial charge in [0.15, 0.2) is 12.1 Å². The van der Waals surface area contributed by atoms with Crippen LogP contribution in [0.1, 0.15) is 27.8 Å². The summed E-state index contributed by atoms with van der Waals surface area (Å²) in [5.41, 5.74) is 2.36. The van der Waals surface area contributed by atoms with Crippen LogP contribution in [-0.2, 0) is 9.47 Å². The molecular weight excluding hydrogens is 376 g/mol. The summed E-state index contributed by atoms with van der Waals surface area (Å²) >= 11 is 5.90. The Morgan fingerprint density at radius 2 is 1.82 bits per heavy atom. The highest BCUT2D eigenvalue weighted by Crippen LogP contribution is 2.42. The van der Waals surface area contributed by atoms with Gasteiger partial charge in [-0.25, -0.2) is 0 Å². The molecule has 3 aromatic rings. The summed E-state index contributed by atoms with van der Waals surface area (Å²) in [4.78, 5) is 12.5. The molecule has 0 aromatic heterocycles. The van der Waals surface area contributed by atoms with E-state index in [-0.39, 0.29) is 11.9 Å². The number of hydrogen-bond acceptors (Lipinski definition) is 4. The van der Waals surface area contributed by atoms with E-state index in [1.807, 2.05) is 36.4 Å². The number of carbonyl (C=O) groups excluding carboxylic acids is 1. The maximum atomic E-state index is 12.5. The lowest BCUT2D eigenvalue weighted by molar-refractivity contribution is -0.0579. The number of fused-ring (bicyclic) bond motifs is 6. The van der Waals surface area contributed by atoms with Crippen LogP contribution in [0.15, 0.2) is 60.7 Å². The van der Waals surface area contributed by atoms with Gasteiger partial charge < -0.3 is 14.2 Å². The molecule has 1 fully saturated rings. The summed E-state index contributed by atoms with van der Waals surface area (Å²) in [5.74, 6) is 0.712. The third kappa shape index (κ3) is 3.10. The molecule has 3 aromatic carbocycles. The van der Waals surface area contributed by atoms with Gasteiger partial charge in [-0.15, -0.1) is 0 Å². The van der Waals surface area contributed by atoms with Crippen molar-refractivity contribution in [2.24, 2.45) is 0 Å². The number of allylic oxidation sites excluding steroid dienone is 1. The molecule has 0 radical (unpaired) electrons. The van der Waals surface area contributed by atoms with Gasteiger partial charge in [-0.1, -0.05) is 41.9 Å². The third-order valence-corrected chi connectivity index (χ3v) is 5.27. The fourth-order valence-electron chi connectivity index (χ4n) is 3.62. The highest BCUT2D eigenvalue weighted by molar-refractivity contribution is 6.30. The number of ketones is 1. The van der Waals surface area contributed by atoms with Gasteiger partial charge in [-0.05, 0) is 47.4 Å². The fourth-order valence-corrected chi connectivity index (χ4v) is 3.75. The molecule has 2 heterocycles. The lowest BCUT2D eigenvalue weighted by Gasteiger charge is -2.17. The van der Waals surface area contributed by atoms with Crippen molar-refractivity contribution in [2.45, 2.75) is 12.4 Å². The van der Waals surface area contributed by atoms with Crippen LogP contribution in [0.5, 0.6) is 5.75 Å². The normalized spacial score (nSPS) is 20.8. The van der Waals surface area contributed by atoms with E-state index in [9.17, 15) is 4.79 Å². The first-order valence-electron chi connectivity index (χ1n) is 9.12. The monoisotopic (exact) mass is 392 g/mol. The first-order valence-corrected chi connectivity index (χ1v) is 9.50. The quantitative estimate of drug-likeness (QED) is 0.454. The molecule has 0 N–H and O–H groups in total. The third-order valence-electron chi connectivity index (χ3n) is 5.02. The minimum Gasteiger partial charge on any atom is -0.490 e. The van der Waals surface area contributed by atoms with Gasteiger partial charge in [-0.2, -0.15) is 0 Å². The first kappa shape index (κ1) is 17.4. The number of rotatable bonds is 3. The van der Waals surface area contributed by atoms with E-state index in [0.29, 0.717) is 23.8 Å². The Morgan fingerprint density at radius 1 is 1.04 bits per heavy atom. The second-order valence-corrected chi connectivity index (χ2v) is 7.30. The zero-order valence-electron chi connectivity index (χ0n) is 14.9. The molecule has 1 saturated heterocycles. The van der Waals surface area contributed by atoms with Gasteiger partial charge in [0, 0.05) is 16.0 Å². The molecule has 0 aliphatic carbocycles. The smallest absolute Gasteiger partial charge is 0.188 e. The standard InChI is InChI=1S/C23H17ClO4/c24-16-8-5-14(6-9-16)21(25)10-7-15-11-20-22(19-4-2-1-3-18(15)19)26-12-17-13-27-23(20)28-17/h1-11,17,23H,12-13H2/b10-7+. The van der Waals surface area contributed by atoms with Crippen molar-refractivity contribution in [3.05, 3.63) is 82.4 Å². The van der Waals surface area contributed by atoms with Crippen molar-refractivity contribution < 1.29 is 19.0 Å². The zero-order valence-corrected chi connectivity index (χ0v) is 15.7. The lowest BCUT2D eigenvalue weighted by Crippen LogP contribution is -2.18. The van der Waals surface area contributed by atoms with E-state index in [2.05, 4.69) is 0 Å². The summed E-state index contributed by atoms with van der Waals surface area (Å²) in [7, 11) is 0. The van der Waals surface area contributed by atoms with Crippen LogP contribution in [0, 0.1) is 0 Å². The van der Waals surface area contributed by atoms with Crippen LogP contribution in [0.2, 0.25) is 5.02 Å². The molecule has 0 spiro atoms. The molecule has 2 aliphatic rings. The number of hydrogen-bond donors (Lipinski definition) is 0. The van der Waals surface area contributed by atoms with E-state index < -0.39 is 6.29 Å². The average Bonchev–Trinajstić information content (AvgIpc) is 3.11. The molecule has 2 unspecified atom stereocenters. The van der Waals surface area contributed by atoms with Crippen molar-refractivity contribution in [3.63, 3.8) is 0 Å². The molecule has 4 nitrogen and oxygen atoms in total. The van der Waals surface area contributed by atoms with E-state index >= 15 is 0 Å². The van der Waals surface area contributed by atoms with Gasteiger partial charge in [-0.3, -0.25) is 4.79 Å². The molecule has 5 rings (SSSR count). The maximum absolute atomic E-state index is 12.5. The Bertz CT molecular complexity index is 1090. The Balaban J connectivity index is 1.58. The molecule has 28 heavy (non-hydrogen) atoms. The molecule has 2 bridgehead atoms. The molecule has 2 atom stereocenters. The SMILES string of the molecule is O=C(/C=C/c1cc2c(c3ccccc13)OCC1COC2O1)c1ccc(Cl)cc1. The van der Waals surface area contributed by atoms with E-state index in [1.165, 1.54) is 0 Å². The highest BCUT2D eigenvalue weighted by Gasteiger charge is 2.34. The van der Waals surface area contributed by atoms with Crippen LogP contribution in [0.3, 0.4) is 0 Å². The molecule has 0 amide bonds. The van der Waals surface area contributed by atoms with Crippen molar-refractivity contribution in [1.29, 1.82) is 0 Å². The Kier molecular flexibility index (Phi) is 4.40. The van der Waals surface area contributed by atoms with Crippen molar-refractivity contribution in [3.8, 4) is 5.75 Å². The van der Waals surface area contributed by atoms with Crippen LogP contribution < -0.4 is 4.74 Å². The largest absolute Gasteiger partial charge is 0.490 e. The second kappa shape index (κ2) is 7.06. The molecule has 140 valence electrons. The number of benzene rings is 3. The Hall–Kier alpha value is -2.66. The summed E-state index contributed by atoms with van der Waals surface area (Å²) < 4.78 is 17.7. The van der Waals surface area contributed by atoms with E-state index in [4.69, 9.17) is 25.8 Å². The van der Waals surface area contributed by atoms with Gasteiger partial charge >= 0.3 is 0 Å². The highest BCUT2D eigenvalue weighted by atomic mass is 35.5. The van der Waals surface area contributed by atoms with Crippen molar-refractivity contribution in [1.82, 2.24) is 0 Å². The predicted molar refractivity (Wildman–Crippen MR) is 108 cm³/mol. The van der Waals surface area contributed by atoms with Crippen molar-refractivity contribution in [2.75, 3.05) is 13.2 Å². The summed E-state index contributed by atoms with van der Waals surface area (Å²) in [6.45, 7) is 0.995. The van der Waals surface area contributed by atoms with Gasteiger partial charge in [0.25, 0.3) is 0 Å². The predicted octanol–water partition coefficient (Wildman–Crippen LogP) is 5.20. The summed E-state index contributed by atoms with van der Waals surface area (Å²) in [5, 5.41) is 2.60. The maximum Gasteiger partial charge on any atom is 0.188 e. The minimum atomic E-state index is -0.439. The Morgan fingerprint density at radius 3 is 2.64 bits per heavy atom. The number of carbonyl (C=O) groups is 1. The Labute approximate surface area is 167 Å². The molecule has 0 saturated carbocycles. The number of ether oxygens (including phenoxy) is 3. The van der Waals surface area contributed by atoms with Crippen LogP contribution in [0.25, 0.3) is 16.8 Å². The second-order valence-electron chi connectivity index (χ2n) is 6.87. The molecule has 2 aliphatic heterocycles. The van der Waals surface area contributed by atoms with Crippen LogP contribution in [0.4, 0.5) is 0 Å². The van der Waals surface area contributed by atoms with Gasteiger partial charge in [0.05, 0.1) is 12.2 Å². The fraction of sp³-hybridized carbons (Fsp3) is 0.174. The zero-order chi connectivity index (χ0) is 19.1. The summed E-state index contributed by atoms with van der Waals surface area (Å²) in [6.07, 6.45) is 2.92. The average molecular weight is 393 g/mol. The van der Waals surface area contributed by atoms with Crippen molar-refractivity contribution >= 4 is 34.2 Å². The first-order chi connectivity index (χ1) is 13.7. The van der Waals surface area contributed by atoms with Gasteiger partial charge in [0.1, 0.15) is 18.5 Å². The van der Waals surface area contributed by atoms with Gasteiger partial charge in [0.2, 0.25) is 0 Å². The topological polar surface area (TPSA) is 44.8 Å². The van der Waals surface area contributed by atoms with E-state index in [0.717, 1.165) is 27.6 Å². The molecular formula is C23H17ClO4. The lowest BCUT2D eigenvalue weighted by atomic mass is 9.98. The number of halogens is 1.